The second kappa shape index (κ2) is 4.78. The van der Waals surface area contributed by atoms with E-state index in [9.17, 15) is 0 Å². The number of nitrogens with one attached hydrogen (secondary N) is 1. The lowest BCUT2D eigenvalue weighted by Crippen LogP contribution is -2.51. The number of aromatic nitrogens is 2. The molecule has 0 unspecified atom stereocenters. The van der Waals surface area contributed by atoms with Crippen molar-refractivity contribution in [3.05, 3.63) is 18.1 Å². The molecule has 0 saturated heterocycles. The van der Waals surface area contributed by atoms with E-state index in [2.05, 4.69) is 22.2 Å². The van der Waals surface area contributed by atoms with Gasteiger partial charge in [0.15, 0.2) is 0 Å². The molecule has 1 saturated carbocycles. The van der Waals surface area contributed by atoms with Crippen LogP contribution in [0.3, 0.4) is 0 Å². The van der Waals surface area contributed by atoms with E-state index in [0.29, 0.717) is 6.54 Å². The number of nitrogens with zero attached hydrogens (tertiary/aromatic N) is 2. The molecular formula is C12H20N4. The zero-order chi connectivity index (χ0) is 11.4. The molecule has 4 heteroatoms. The molecule has 2 rings (SSSR count). The van der Waals surface area contributed by atoms with Crippen LogP contribution in [0.15, 0.2) is 12.4 Å². The van der Waals surface area contributed by atoms with Gasteiger partial charge < -0.3 is 11.1 Å². The largest absolute Gasteiger partial charge is 0.363 e. The number of aryl methyl sites for hydroxylation is 1. The van der Waals surface area contributed by atoms with Crippen molar-refractivity contribution in [1.82, 2.24) is 9.97 Å². The van der Waals surface area contributed by atoms with Gasteiger partial charge >= 0.3 is 0 Å². The van der Waals surface area contributed by atoms with Gasteiger partial charge in [0.2, 0.25) is 0 Å². The van der Waals surface area contributed by atoms with Crippen LogP contribution in [0.5, 0.6) is 0 Å². The highest BCUT2D eigenvalue weighted by Crippen LogP contribution is 2.33. The Kier molecular flexibility index (Phi) is 3.39. The van der Waals surface area contributed by atoms with Crippen molar-refractivity contribution >= 4 is 5.82 Å². The molecular weight excluding hydrogens is 200 g/mol. The van der Waals surface area contributed by atoms with E-state index < -0.39 is 0 Å². The van der Waals surface area contributed by atoms with E-state index in [1.165, 1.54) is 6.42 Å². The highest BCUT2D eigenvalue weighted by atomic mass is 15.1. The number of rotatable bonds is 5. The standard InChI is InChI=1S/C12H20N4/c1-2-4-10-7-11(15-9-14-10)16-12(8-13)5-3-6-12/h7,9H,2-6,8,13H2,1H3,(H,14,15,16). The Bertz CT molecular complexity index is 341. The molecule has 1 aromatic heterocycles. The van der Waals surface area contributed by atoms with Gasteiger partial charge in [-0.2, -0.15) is 0 Å². The van der Waals surface area contributed by atoms with Crippen LogP contribution in [0.4, 0.5) is 5.82 Å². The fraction of sp³-hybridized carbons (Fsp3) is 0.667. The van der Waals surface area contributed by atoms with Gasteiger partial charge in [0.1, 0.15) is 12.1 Å². The van der Waals surface area contributed by atoms with Gasteiger partial charge in [-0.1, -0.05) is 13.3 Å². The van der Waals surface area contributed by atoms with Crippen LogP contribution in [-0.2, 0) is 6.42 Å². The summed E-state index contributed by atoms with van der Waals surface area (Å²) < 4.78 is 0. The lowest BCUT2D eigenvalue weighted by Gasteiger charge is -2.42. The van der Waals surface area contributed by atoms with Crippen molar-refractivity contribution < 1.29 is 0 Å². The molecule has 0 amide bonds. The first-order valence-electron chi connectivity index (χ1n) is 6.07. The minimum Gasteiger partial charge on any atom is -0.363 e. The molecule has 0 aliphatic heterocycles. The van der Waals surface area contributed by atoms with Gasteiger partial charge in [-0.15, -0.1) is 0 Å². The normalized spacial score (nSPS) is 17.9. The first-order valence-corrected chi connectivity index (χ1v) is 6.07. The molecule has 3 N–H and O–H groups in total. The quantitative estimate of drug-likeness (QED) is 0.793. The molecule has 0 aromatic carbocycles. The summed E-state index contributed by atoms with van der Waals surface area (Å²) in [4.78, 5) is 8.51. The smallest absolute Gasteiger partial charge is 0.130 e. The molecule has 1 aliphatic rings. The van der Waals surface area contributed by atoms with Gasteiger partial charge in [-0.25, -0.2) is 9.97 Å². The Labute approximate surface area is 96.7 Å². The summed E-state index contributed by atoms with van der Waals surface area (Å²) in [6.07, 6.45) is 7.31. The van der Waals surface area contributed by atoms with Crippen LogP contribution in [-0.4, -0.2) is 22.1 Å². The maximum absolute atomic E-state index is 5.81. The first kappa shape index (κ1) is 11.3. The van der Waals surface area contributed by atoms with E-state index in [1.54, 1.807) is 6.33 Å². The lowest BCUT2D eigenvalue weighted by atomic mass is 9.77. The van der Waals surface area contributed by atoms with Crippen LogP contribution in [0.1, 0.15) is 38.3 Å². The van der Waals surface area contributed by atoms with Gasteiger partial charge in [-0.3, -0.25) is 0 Å². The van der Waals surface area contributed by atoms with Crippen LogP contribution in [0, 0.1) is 0 Å². The maximum atomic E-state index is 5.81. The molecule has 88 valence electrons. The second-order valence-electron chi connectivity index (χ2n) is 4.61. The predicted octanol–water partition coefficient (Wildman–Crippen LogP) is 1.72. The first-order chi connectivity index (χ1) is 7.78. The number of hydrogen-bond acceptors (Lipinski definition) is 4. The number of anilines is 1. The van der Waals surface area contributed by atoms with Crippen molar-refractivity contribution in [3.8, 4) is 0 Å². The van der Waals surface area contributed by atoms with Gasteiger partial charge in [0.25, 0.3) is 0 Å². The average molecular weight is 220 g/mol. The van der Waals surface area contributed by atoms with Crippen molar-refractivity contribution in [2.45, 2.75) is 44.6 Å². The Morgan fingerprint density at radius 2 is 2.25 bits per heavy atom. The molecule has 1 fully saturated rings. The molecule has 0 bridgehead atoms. The molecule has 1 heterocycles. The van der Waals surface area contributed by atoms with E-state index >= 15 is 0 Å². The molecule has 16 heavy (non-hydrogen) atoms. The average Bonchev–Trinajstić information content (AvgIpc) is 2.25. The minimum atomic E-state index is 0.0951. The fourth-order valence-corrected chi connectivity index (χ4v) is 2.11. The Hall–Kier alpha value is -1.16. The SMILES string of the molecule is CCCc1cc(NC2(CN)CCC2)ncn1. The summed E-state index contributed by atoms with van der Waals surface area (Å²) in [5.41, 5.74) is 7.01. The zero-order valence-electron chi connectivity index (χ0n) is 9.87. The maximum Gasteiger partial charge on any atom is 0.130 e. The van der Waals surface area contributed by atoms with E-state index in [4.69, 9.17) is 5.73 Å². The Morgan fingerprint density at radius 3 is 2.81 bits per heavy atom. The number of hydrogen-bond donors (Lipinski definition) is 2. The summed E-state index contributed by atoms with van der Waals surface area (Å²) in [5.74, 6) is 0.920. The van der Waals surface area contributed by atoms with E-state index in [0.717, 1.165) is 37.2 Å². The minimum absolute atomic E-state index is 0.0951. The van der Waals surface area contributed by atoms with Gasteiger partial charge in [-0.05, 0) is 25.7 Å². The monoisotopic (exact) mass is 220 g/mol. The fourth-order valence-electron chi connectivity index (χ4n) is 2.11. The molecule has 0 radical (unpaired) electrons. The highest BCUT2D eigenvalue weighted by molar-refractivity contribution is 5.39. The van der Waals surface area contributed by atoms with Crippen LogP contribution in [0.2, 0.25) is 0 Å². The highest BCUT2D eigenvalue weighted by Gasteiger charge is 2.35. The van der Waals surface area contributed by atoms with E-state index in [-0.39, 0.29) is 5.54 Å². The third-order valence-electron chi connectivity index (χ3n) is 3.32. The molecule has 1 aliphatic carbocycles. The number of nitrogens with two attached hydrogens (primary N) is 1. The van der Waals surface area contributed by atoms with Crippen molar-refractivity contribution in [3.63, 3.8) is 0 Å². The lowest BCUT2D eigenvalue weighted by molar-refractivity contribution is 0.286. The zero-order valence-corrected chi connectivity index (χ0v) is 9.87. The van der Waals surface area contributed by atoms with Crippen LogP contribution < -0.4 is 11.1 Å². The predicted molar refractivity (Wildman–Crippen MR) is 65.3 cm³/mol. The summed E-state index contributed by atoms with van der Waals surface area (Å²) >= 11 is 0. The summed E-state index contributed by atoms with van der Waals surface area (Å²) in [7, 11) is 0. The molecule has 4 nitrogen and oxygen atoms in total. The summed E-state index contributed by atoms with van der Waals surface area (Å²) in [6, 6.07) is 2.04. The van der Waals surface area contributed by atoms with Gasteiger partial charge in [0, 0.05) is 18.3 Å². The Morgan fingerprint density at radius 1 is 1.44 bits per heavy atom. The second-order valence-corrected chi connectivity index (χ2v) is 4.61. The third kappa shape index (κ3) is 2.32. The summed E-state index contributed by atoms with van der Waals surface area (Å²) in [5, 5.41) is 3.46. The summed E-state index contributed by atoms with van der Waals surface area (Å²) in [6.45, 7) is 2.84. The van der Waals surface area contributed by atoms with Crippen molar-refractivity contribution in [1.29, 1.82) is 0 Å². The van der Waals surface area contributed by atoms with E-state index in [1.807, 2.05) is 6.07 Å². The van der Waals surface area contributed by atoms with Crippen LogP contribution in [0.25, 0.3) is 0 Å². The van der Waals surface area contributed by atoms with Gasteiger partial charge in [0.05, 0.1) is 5.54 Å². The topological polar surface area (TPSA) is 63.8 Å². The van der Waals surface area contributed by atoms with Crippen molar-refractivity contribution in [2.24, 2.45) is 5.73 Å². The van der Waals surface area contributed by atoms with Crippen molar-refractivity contribution in [2.75, 3.05) is 11.9 Å². The molecule has 0 spiro atoms. The van der Waals surface area contributed by atoms with Crippen LogP contribution >= 0.6 is 0 Å². The Balaban J connectivity index is 2.05. The molecule has 0 atom stereocenters. The third-order valence-corrected chi connectivity index (χ3v) is 3.32. The molecule has 1 aromatic rings.